The zero-order valence-corrected chi connectivity index (χ0v) is 18.6. The number of hydrogen-bond donors (Lipinski definition) is 2. The van der Waals surface area contributed by atoms with Crippen molar-refractivity contribution in [2.24, 2.45) is 15.7 Å². The lowest BCUT2D eigenvalue weighted by atomic mass is 10.2. The SMILES string of the molecule is COc1ccc(NC2N=C(N)N=C(N3CCCC3)N2c2cccc(C)c2)cc1Cl.Cl. The Morgan fingerprint density at radius 1 is 1.17 bits per heavy atom. The van der Waals surface area contributed by atoms with Gasteiger partial charge in [0.05, 0.1) is 12.1 Å². The fraction of sp³-hybridized carbons (Fsp3) is 0.333. The molecule has 2 aliphatic rings. The number of benzene rings is 2. The number of likely N-dealkylation sites (tertiary alicyclic amines) is 1. The lowest BCUT2D eigenvalue weighted by molar-refractivity contribution is 0.415. The molecule has 0 amide bonds. The van der Waals surface area contributed by atoms with Crippen molar-refractivity contribution in [3.05, 3.63) is 53.1 Å². The van der Waals surface area contributed by atoms with Crippen molar-refractivity contribution in [3.8, 4) is 5.75 Å². The molecule has 0 spiro atoms. The molecule has 0 aliphatic carbocycles. The van der Waals surface area contributed by atoms with Crippen molar-refractivity contribution in [3.63, 3.8) is 0 Å². The van der Waals surface area contributed by atoms with Crippen molar-refractivity contribution in [2.45, 2.75) is 26.1 Å². The van der Waals surface area contributed by atoms with Crippen LogP contribution in [0.5, 0.6) is 5.75 Å². The predicted molar refractivity (Wildman–Crippen MR) is 126 cm³/mol. The first-order valence-electron chi connectivity index (χ1n) is 9.68. The summed E-state index contributed by atoms with van der Waals surface area (Å²) in [5, 5.41) is 3.96. The van der Waals surface area contributed by atoms with Gasteiger partial charge in [-0.2, -0.15) is 4.99 Å². The third-order valence-electron chi connectivity index (χ3n) is 5.05. The molecule has 2 heterocycles. The maximum Gasteiger partial charge on any atom is 0.222 e. The second-order valence-corrected chi connectivity index (χ2v) is 7.58. The Morgan fingerprint density at radius 3 is 2.60 bits per heavy atom. The average Bonchev–Trinajstić information content (AvgIpc) is 3.22. The van der Waals surface area contributed by atoms with Gasteiger partial charge < -0.3 is 20.7 Å². The number of aliphatic imine (C=N–C) groups is 2. The molecule has 9 heteroatoms. The zero-order valence-electron chi connectivity index (χ0n) is 17.0. The maximum absolute atomic E-state index is 6.31. The van der Waals surface area contributed by atoms with Crippen LogP contribution in [0.4, 0.5) is 11.4 Å². The van der Waals surface area contributed by atoms with E-state index in [0.717, 1.165) is 48.8 Å². The molecule has 2 aliphatic heterocycles. The van der Waals surface area contributed by atoms with Crippen LogP contribution in [0.25, 0.3) is 0 Å². The van der Waals surface area contributed by atoms with Gasteiger partial charge in [0.25, 0.3) is 0 Å². The number of nitrogens with zero attached hydrogens (tertiary/aromatic N) is 4. The summed E-state index contributed by atoms with van der Waals surface area (Å²) in [6.07, 6.45) is 1.84. The minimum atomic E-state index is -0.450. The van der Waals surface area contributed by atoms with Crippen molar-refractivity contribution >= 4 is 47.3 Å². The number of hydrogen-bond acceptors (Lipinski definition) is 7. The molecule has 7 nitrogen and oxygen atoms in total. The van der Waals surface area contributed by atoms with Gasteiger partial charge in [-0.1, -0.05) is 23.7 Å². The molecule has 4 rings (SSSR count). The Bertz CT molecular complexity index is 958. The third kappa shape index (κ3) is 4.57. The van der Waals surface area contributed by atoms with Gasteiger partial charge in [0.1, 0.15) is 5.75 Å². The van der Waals surface area contributed by atoms with Crippen LogP contribution in [0.3, 0.4) is 0 Å². The van der Waals surface area contributed by atoms with Crippen molar-refractivity contribution in [1.82, 2.24) is 4.90 Å². The molecule has 0 aromatic heterocycles. The zero-order chi connectivity index (χ0) is 20.4. The molecule has 3 N–H and O–H groups in total. The van der Waals surface area contributed by atoms with E-state index in [4.69, 9.17) is 22.1 Å². The number of halogens is 2. The lowest BCUT2D eigenvalue weighted by Crippen LogP contribution is -2.54. The van der Waals surface area contributed by atoms with Gasteiger partial charge in [-0.3, -0.25) is 4.90 Å². The van der Waals surface area contributed by atoms with E-state index in [1.165, 1.54) is 0 Å². The Balaban J connectivity index is 0.00000256. The van der Waals surface area contributed by atoms with E-state index in [2.05, 4.69) is 50.2 Å². The number of rotatable bonds is 4. The number of guanidine groups is 2. The molecule has 0 saturated carbocycles. The molecule has 1 fully saturated rings. The molecular formula is C21H26Cl2N6O. The Hall–Kier alpha value is -2.64. The molecule has 2 aromatic rings. The number of anilines is 2. The third-order valence-corrected chi connectivity index (χ3v) is 5.34. The monoisotopic (exact) mass is 448 g/mol. The van der Waals surface area contributed by atoms with Crippen LogP contribution < -0.4 is 20.7 Å². The standard InChI is InChI=1S/C21H25ClN6O.ClH/c1-14-6-5-7-16(12-14)28-20(24-15-8-9-18(29-2)17(22)13-15)25-19(23)26-21(28)27-10-3-4-11-27;/h5-9,12-13,20,24H,3-4,10-11H2,1-2H3,(H2,23,25);1H. The highest BCUT2D eigenvalue weighted by molar-refractivity contribution is 6.32. The topological polar surface area (TPSA) is 78.5 Å². The second-order valence-electron chi connectivity index (χ2n) is 7.17. The summed E-state index contributed by atoms with van der Waals surface area (Å²) in [6, 6.07) is 13.9. The molecule has 30 heavy (non-hydrogen) atoms. The van der Waals surface area contributed by atoms with Crippen LogP contribution in [0, 0.1) is 6.92 Å². The minimum Gasteiger partial charge on any atom is -0.495 e. The van der Waals surface area contributed by atoms with Crippen molar-refractivity contribution in [1.29, 1.82) is 0 Å². The molecule has 0 bridgehead atoms. The van der Waals surface area contributed by atoms with E-state index in [1.54, 1.807) is 7.11 Å². The first-order chi connectivity index (χ1) is 14.0. The maximum atomic E-state index is 6.31. The highest BCUT2D eigenvalue weighted by Gasteiger charge is 2.32. The minimum absolute atomic E-state index is 0. The highest BCUT2D eigenvalue weighted by atomic mass is 35.5. The number of ether oxygens (including phenoxy) is 1. The Labute approximate surface area is 188 Å². The fourth-order valence-corrected chi connectivity index (χ4v) is 3.91. The number of aryl methyl sites for hydroxylation is 1. The molecular weight excluding hydrogens is 423 g/mol. The summed E-state index contributed by atoms with van der Waals surface area (Å²) in [4.78, 5) is 13.5. The van der Waals surface area contributed by atoms with Crippen LogP contribution in [0.2, 0.25) is 5.02 Å². The van der Waals surface area contributed by atoms with Gasteiger partial charge in [0, 0.05) is 24.5 Å². The first kappa shape index (κ1) is 22.1. The number of nitrogens with one attached hydrogen (secondary N) is 1. The molecule has 1 atom stereocenters. The van der Waals surface area contributed by atoms with Crippen molar-refractivity contribution < 1.29 is 4.74 Å². The Morgan fingerprint density at radius 2 is 1.93 bits per heavy atom. The van der Waals surface area contributed by atoms with E-state index >= 15 is 0 Å². The summed E-state index contributed by atoms with van der Waals surface area (Å²) in [7, 11) is 1.60. The predicted octanol–water partition coefficient (Wildman–Crippen LogP) is 4.06. The van der Waals surface area contributed by atoms with Gasteiger partial charge in [0.2, 0.25) is 18.2 Å². The normalized spacial score (nSPS) is 18.4. The molecule has 2 aromatic carbocycles. The fourth-order valence-electron chi connectivity index (χ4n) is 3.65. The highest BCUT2D eigenvalue weighted by Crippen LogP contribution is 2.30. The lowest BCUT2D eigenvalue weighted by Gasteiger charge is -2.38. The van der Waals surface area contributed by atoms with Gasteiger partial charge in [-0.15, -0.1) is 12.4 Å². The van der Waals surface area contributed by atoms with Gasteiger partial charge in [0.15, 0.2) is 0 Å². The largest absolute Gasteiger partial charge is 0.495 e. The molecule has 1 saturated heterocycles. The summed E-state index contributed by atoms with van der Waals surface area (Å²) >= 11 is 6.31. The van der Waals surface area contributed by atoms with Gasteiger partial charge >= 0.3 is 0 Å². The van der Waals surface area contributed by atoms with E-state index in [1.807, 2.05) is 24.3 Å². The van der Waals surface area contributed by atoms with E-state index in [0.29, 0.717) is 10.8 Å². The van der Waals surface area contributed by atoms with E-state index in [9.17, 15) is 0 Å². The van der Waals surface area contributed by atoms with Crippen LogP contribution in [-0.2, 0) is 0 Å². The van der Waals surface area contributed by atoms with Gasteiger partial charge in [-0.05, 0) is 55.7 Å². The quantitative estimate of drug-likeness (QED) is 0.736. The summed E-state index contributed by atoms with van der Waals surface area (Å²) in [6.45, 7) is 3.98. The number of nitrogens with two attached hydrogens (primary N) is 1. The van der Waals surface area contributed by atoms with Gasteiger partial charge in [-0.25, -0.2) is 4.99 Å². The van der Waals surface area contributed by atoms with Crippen LogP contribution in [0.15, 0.2) is 52.4 Å². The van der Waals surface area contributed by atoms with Crippen LogP contribution in [0.1, 0.15) is 18.4 Å². The average molecular weight is 449 g/mol. The number of methoxy groups -OCH3 is 1. The Kier molecular flexibility index (Phi) is 6.95. The van der Waals surface area contributed by atoms with Crippen molar-refractivity contribution in [2.75, 3.05) is 30.4 Å². The van der Waals surface area contributed by atoms with Crippen LogP contribution in [-0.4, -0.2) is 43.3 Å². The second kappa shape index (κ2) is 9.45. The first-order valence-corrected chi connectivity index (χ1v) is 10.1. The molecule has 1 unspecified atom stereocenters. The summed E-state index contributed by atoms with van der Waals surface area (Å²) in [5.41, 5.74) is 9.09. The smallest absolute Gasteiger partial charge is 0.222 e. The summed E-state index contributed by atoms with van der Waals surface area (Å²) < 4.78 is 5.25. The molecule has 0 radical (unpaired) electrons. The van der Waals surface area contributed by atoms with Crippen LogP contribution >= 0.6 is 24.0 Å². The molecule has 160 valence electrons. The van der Waals surface area contributed by atoms with E-state index < -0.39 is 6.29 Å². The van der Waals surface area contributed by atoms with E-state index in [-0.39, 0.29) is 18.4 Å². The summed E-state index contributed by atoms with van der Waals surface area (Å²) in [5.74, 6) is 1.70.